The maximum atomic E-state index is 12.2. The summed E-state index contributed by atoms with van der Waals surface area (Å²) in [5.41, 5.74) is -0.0657. The van der Waals surface area contributed by atoms with Gasteiger partial charge in [-0.15, -0.1) is 11.3 Å². The van der Waals surface area contributed by atoms with Gasteiger partial charge < -0.3 is 10.0 Å². The molecule has 7 nitrogen and oxygen atoms in total. The lowest BCUT2D eigenvalue weighted by Gasteiger charge is -2.30. The van der Waals surface area contributed by atoms with Crippen molar-refractivity contribution in [3.63, 3.8) is 0 Å². The third-order valence-corrected chi connectivity index (χ3v) is 6.10. The zero-order valence-corrected chi connectivity index (χ0v) is 11.7. The zero-order chi connectivity index (χ0) is 14.2. The molecule has 0 saturated carbocycles. The van der Waals surface area contributed by atoms with E-state index in [1.165, 1.54) is 10.3 Å². The van der Waals surface area contributed by atoms with E-state index in [9.17, 15) is 18.0 Å². The lowest BCUT2D eigenvalue weighted by molar-refractivity contribution is -0.132. The molecule has 0 bridgehead atoms. The topological polar surface area (TPSA) is 95.0 Å². The van der Waals surface area contributed by atoms with Gasteiger partial charge in [0.05, 0.1) is 12.1 Å². The van der Waals surface area contributed by atoms with E-state index in [0.29, 0.717) is 6.54 Å². The molecule has 19 heavy (non-hydrogen) atoms. The van der Waals surface area contributed by atoms with Crippen LogP contribution in [0.4, 0.5) is 0 Å². The Balaban J connectivity index is 2.27. The van der Waals surface area contributed by atoms with Gasteiger partial charge in [0.2, 0.25) is 5.91 Å². The van der Waals surface area contributed by atoms with Crippen LogP contribution in [0.1, 0.15) is 10.4 Å². The van der Waals surface area contributed by atoms with Crippen LogP contribution in [0.5, 0.6) is 0 Å². The third-order valence-electron chi connectivity index (χ3n) is 2.84. The Kier molecular flexibility index (Phi) is 3.61. The highest BCUT2D eigenvalue weighted by Gasteiger charge is 2.32. The van der Waals surface area contributed by atoms with Crippen LogP contribution in [0, 0.1) is 0 Å². The van der Waals surface area contributed by atoms with E-state index in [4.69, 9.17) is 5.11 Å². The van der Waals surface area contributed by atoms with Crippen LogP contribution in [0.2, 0.25) is 0 Å². The molecule has 0 unspecified atom stereocenters. The highest BCUT2D eigenvalue weighted by Crippen LogP contribution is 2.24. The zero-order valence-electron chi connectivity index (χ0n) is 10.1. The number of rotatable bonds is 3. The highest BCUT2D eigenvalue weighted by molar-refractivity contribution is 7.91. The first-order chi connectivity index (χ1) is 8.82. The van der Waals surface area contributed by atoms with E-state index < -0.39 is 16.0 Å². The molecule has 1 fully saturated rings. The van der Waals surface area contributed by atoms with Gasteiger partial charge in [-0.05, 0) is 6.07 Å². The molecule has 9 heteroatoms. The van der Waals surface area contributed by atoms with Crippen LogP contribution in [-0.2, 0) is 14.8 Å². The maximum Gasteiger partial charge on any atom is 0.336 e. The van der Waals surface area contributed by atoms with Crippen molar-refractivity contribution in [3.05, 3.63) is 17.0 Å². The van der Waals surface area contributed by atoms with Crippen molar-refractivity contribution < 1.29 is 23.1 Å². The quantitative estimate of drug-likeness (QED) is 0.842. The molecule has 1 aliphatic rings. The van der Waals surface area contributed by atoms with Crippen LogP contribution in [0.25, 0.3) is 0 Å². The molecule has 1 saturated heterocycles. The lowest BCUT2D eigenvalue weighted by atomic mass is 10.4. The van der Waals surface area contributed by atoms with Crippen LogP contribution in [0.3, 0.4) is 0 Å². The number of aromatic carboxylic acids is 1. The first kappa shape index (κ1) is 14.0. The number of sulfonamides is 1. The number of carboxylic acid groups (broad SMARTS) is 1. The number of amides is 1. The van der Waals surface area contributed by atoms with Gasteiger partial charge in [0.25, 0.3) is 10.0 Å². The van der Waals surface area contributed by atoms with Gasteiger partial charge in [-0.25, -0.2) is 13.2 Å². The normalized spacial score (nSPS) is 17.7. The summed E-state index contributed by atoms with van der Waals surface area (Å²) in [6.45, 7) is 0.333. The Hall–Kier alpha value is -1.45. The Morgan fingerprint density at radius 2 is 2.11 bits per heavy atom. The number of hydrogen-bond donors (Lipinski definition) is 1. The molecular formula is C10H12N2O5S2. The van der Waals surface area contributed by atoms with Crippen molar-refractivity contribution in [1.82, 2.24) is 9.21 Å². The molecular weight excluding hydrogens is 292 g/mol. The Morgan fingerprint density at radius 1 is 1.42 bits per heavy atom. The van der Waals surface area contributed by atoms with Crippen molar-refractivity contribution in [2.45, 2.75) is 4.21 Å². The molecule has 1 N–H and O–H groups in total. The number of likely N-dealkylation sites (N-methyl/N-ethyl adjacent to an activating group) is 1. The summed E-state index contributed by atoms with van der Waals surface area (Å²) >= 11 is 0.845. The SMILES string of the molecule is CN1CCN(S(=O)(=O)c2cc(C(=O)O)cs2)CC1=O. The van der Waals surface area contributed by atoms with Gasteiger partial charge in [0.1, 0.15) is 4.21 Å². The van der Waals surface area contributed by atoms with E-state index in [0.717, 1.165) is 21.7 Å². The lowest BCUT2D eigenvalue weighted by Crippen LogP contribution is -2.50. The molecule has 0 spiro atoms. The smallest absolute Gasteiger partial charge is 0.336 e. The summed E-state index contributed by atoms with van der Waals surface area (Å²) in [6, 6.07) is 1.12. The number of carbonyl (C=O) groups excluding carboxylic acids is 1. The second kappa shape index (κ2) is 4.91. The standard InChI is InChI=1S/C10H12N2O5S2/c1-11-2-3-12(5-8(11)13)19(16,17)9-4-7(6-18-9)10(14)15/h4,6H,2-3,5H2,1H3,(H,14,15). The van der Waals surface area contributed by atoms with Crippen LogP contribution < -0.4 is 0 Å². The molecule has 1 aliphatic heterocycles. The molecule has 1 aromatic rings. The number of piperazine rings is 1. The molecule has 1 amide bonds. The second-order valence-electron chi connectivity index (χ2n) is 4.11. The van der Waals surface area contributed by atoms with Gasteiger partial charge in [-0.3, -0.25) is 4.79 Å². The first-order valence-corrected chi connectivity index (χ1v) is 7.70. The van der Waals surface area contributed by atoms with Gasteiger partial charge in [0, 0.05) is 25.5 Å². The fourth-order valence-corrected chi connectivity index (χ4v) is 4.32. The fraction of sp³-hybridized carbons (Fsp3) is 0.400. The summed E-state index contributed by atoms with van der Waals surface area (Å²) in [7, 11) is -2.18. The van der Waals surface area contributed by atoms with Crippen molar-refractivity contribution in [3.8, 4) is 0 Å². The Bertz CT molecular complexity index is 622. The largest absolute Gasteiger partial charge is 0.478 e. The monoisotopic (exact) mass is 304 g/mol. The number of nitrogens with zero attached hydrogens (tertiary/aromatic N) is 2. The van der Waals surface area contributed by atoms with E-state index in [-0.39, 0.29) is 28.8 Å². The molecule has 2 rings (SSSR count). The molecule has 0 radical (unpaired) electrons. The Morgan fingerprint density at radius 3 is 2.63 bits per heavy atom. The number of hydrogen-bond acceptors (Lipinski definition) is 5. The number of carbonyl (C=O) groups is 2. The summed E-state index contributed by atoms with van der Waals surface area (Å²) in [5.74, 6) is -1.45. The molecule has 104 valence electrons. The van der Waals surface area contributed by atoms with Crippen LogP contribution in [-0.4, -0.2) is 61.3 Å². The minimum atomic E-state index is -3.79. The molecule has 1 aromatic heterocycles. The average Bonchev–Trinajstić information content (AvgIpc) is 2.82. The first-order valence-electron chi connectivity index (χ1n) is 5.38. The minimum Gasteiger partial charge on any atom is -0.478 e. The predicted molar refractivity (Wildman–Crippen MR) is 67.7 cm³/mol. The van der Waals surface area contributed by atoms with Gasteiger partial charge in [-0.2, -0.15) is 4.31 Å². The average molecular weight is 304 g/mol. The van der Waals surface area contributed by atoms with Crippen molar-refractivity contribution in [1.29, 1.82) is 0 Å². The number of thiophene rings is 1. The van der Waals surface area contributed by atoms with Gasteiger partial charge >= 0.3 is 5.97 Å². The van der Waals surface area contributed by atoms with Gasteiger partial charge in [-0.1, -0.05) is 0 Å². The highest BCUT2D eigenvalue weighted by atomic mass is 32.2. The van der Waals surface area contributed by atoms with E-state index in [2.05, 4.69) is 0 Å². The maximum absolute atomic E-state index is 12.2. The van der Waals surface area contributed by atoms with Crippen molar-refractivity contribution in [2.24, 2.45) is 0 Å². The van der Waals surface area contributed by atoms with E-state index in [1.54, 1.807) is 7.05 Å². The summed E-state index contributed by atoms with van der Waals surface area (Å²) in [5, 5.41) is 10.1. The van der Waals surface area contributed by atoms with Crippen molar-refractivity contribution >= 4 is 33.2 Å². The van der Waals surface area contributed by atoms with E-state index >= 15 is 0 Å². The molecule has 0 aliphatic carbocycles. The third kappa shape index (κ3) is 2.62. The fourth-order valence-electron chi connectivity index (χ4n) is 1.63. The van der Waals surface area contributed by atoms with Crippen molar-refractivity contribution in [2.75, 3.05) is 26.7 Å². The van der Waals surface area contributed by atoms with Crippen LogP contribution in [0.15, 0.2) is 15.7 Å². The molecule has 0 atom stereocenters. The second-order valence-corrected chi connectivity index (χ2v) is 7.19. The minimum absolute atomic E-state index is 0.0535. The molecule has 2 heterocycles. The summed E-state index contributed by atoms with van der Waals surface area (Å²) < 4.78 is 25.5. The number of carboxylic acids is 1. The predicted octanol–water partition coefficient (Wildman–Crippen LogP) is -0.0910. The van der Waals surface area contributed by atoms with Gasteiger partial charge in [0.15, 0.2) is 0 Å². The Labute approximate surface area is 114 Å². The summed E-state index contributed by atoms with van der Waals surface area (Å²) in [4.78, 5) is 23.7. The van der Waals surface area contributed by atoms with E-state index in [1.807, 2.05) is 0 Å². The van der Waals surface area contributed by atoms with Crippen LogP contribution >= 0.6 is 11.3 Å². The summed E-state index contributed by atoms with van der Waals surface area (Å²) in [6.07, 6.45) is 0. The molecule has 0 aromatic carbocycles.